The lowest BCUT2D eigenvalue weighted by Gasteiger charge is -2.36. The Morgan fingerprint density at radius 3 is 2.12 bits per heavy atom. The molecule has 4 aromatic rings. The number of aromatic nitrogens is 1. The third kappa shape index (κ3) is 4.51. The summed E-state index contributed by atoms with van der Waals surface area (Å²) in [7, 11) is -3.93. The molecule has 9 heteroatoms. The summed E-state index contributed by atoms with van der Waals surface area (Å²) in [6, 6.07) is 23.0. The van der Waals surface area contributed by atoms with E-state index in [9.17, 15) is 8.42 Å². The second kappa shape index (κ2) is 9.33. The van der Waals surface area contributed by atoms with Crippen molar-refractivity contribution >= 4 is 44.6 Å². The zero-order valence-electron chi connectivity index (χ0n) is 18.1. The van der Waals surface area contributed by atoms with Crippen molar-refractivity contribution in [1.82, 2.24) is 4.98 Å². The molecule has 0 amide bonds. The van der Waals surface area contributed by atoms with Crippen molar-refractivity contribution < 1.29 is 12.8 Å². The number of rotatable bonds is 5. The van der Waals surface area contributed by atoms with Gasteiger partial charge in [0.05, 0.1) is 4.90 Å². The Labute approximate surface area is 208 Å². The Morgan fingerprint density at radius 2 is 1.44 bits per heavy atom. The Kier molecular flexibility index (Phi) is 6.25. The van der Waals surface area contributed by atoms with E-state index in [-0.39, 0.29) is 21.7 Å². The van der Waals surface area contributed by atoms with E-state index in [1.165, 1.54) is 12.1 Å². The number of hydrogen-bond donors (Lipinski definition) is 0. The molecule has 0 radical (unpaired) electrons. The summed E-state index contributed by atoms with van der Waals surface area (Å²) in [6.45, 7) is 2.50. The van der Waals surface area contributed by atoms with Gasteiger partial charge in [0.1, 0.15) is 0 Å². The zero-order valence-corrected chi connectivity index (χ0v) is 20.4. The summed E-state index contributed by atoms with van der Waals surface area (Å²) >= 11 is 12.1. The third-order valence-corrected chi connectivity index (χ3v) is 7.87. The lowest BCUT2D eigenvalue weighted by Crippen LogP contribution is -2.46. The van der Waals surface area contributed by atoms with E-state index >= 15 is 0 Å². The molecule has 3 aromatic carbocycles. The molecular weight excluding hydrogens is 493 g/mol. The number of nitrogens with zero attached hydrogens (tertiary/aromatic N) is 3. The van der Waals surface area contributed by atoms with Crippen molar-refractivity contribution in [3.8, 4) is 11.5 Å². The van der Waals surface area contributed by atoms with Crippen LogP contribution in [0, 0.1) is 0 Å². The predicted molar refractivity (Wildman–Crippen MR) is 135 cm³/mol. The van der Waals surface area contributed by atoms with E-state index in [2.05, 4.69) is 9.88 Å². The molecule has 1 saturated heterocycles. The van der Waals surface area contributed by atoms with Gasteiger partial charge in [-0.1, -0.05) is 47.5 Å². The van der Waals surface area contributed by atoms with Crippen molar-refractivity contribution in [2.75, 3.05) is 36.0 Å². The summed E-state index contributed by atoms with van der Waals surface area (Å²) in [5.41, 5.74) is 1.74. The van der Waals surface area contributed by atoms with Gasteiger partial charge in [-0.3, -0.25) is 0 Å². The highest BCUT2D eigenvalue weighted by Gasteiger charge is 2.33. The minimum atomic E-state index is -3.93. The molecule has 1 aliphatic heterocycles. The summed E-state index contributed by atoms with van der Waals surface area (Å²) in [4.78, 5) is 8.72. The van der Waals surface area contributed by atoms with Gasteiger partial charge in [0.2, 0.25) is 26.6 Å². The normalized spacial score (nSPS) is 14.4. The van der Waals surface area contributed by atoms with Crippen LogP contribution in [0.1, 0.15) is 0 Å². The summed E-state index contributed by atoms with van der Waals surface area (Å²) in [5.74, 6) is 0.514. The minimum absolute atomic E-state index is 0.0927. The van der Waals surface area contributed by atoms with Crippen molar-refractivity contribution in [3.05, 3.63) is 88.9 Å². The van der Waals surface area contributed by atoms with Gasteiger partial charge in [-0.2, -0.15) is 4.98 Å². The molecule has 1 aliphatic rings. The fraction of sp³-hybridized carbons (Fsp3) is 0.160. The molecule has 0 bridgehead atoms. The van der Waals surface area contributed by atoms with Crippen LogP contribution in [0.25, 0.3) is 11.5 Å². The maximum Gasteiger partial charge on any atom is 0.236 e. The summed E-state index contributed by atoms with van der Waals surface area (Å²) < 4.78 is 33.2. The molecule has 174 valence electrons. The number of anilines is 2. The molecule has 1 fully saturated rings. The number of hydrogen-bond acceptors (Lipinski definition) is 6. The van der Waals surface area contributed by atoms with Crippen molar-refractivity contribution in [1.29, 1.82) is 0 Å². The van der Waals surface area contributed by atoms with Crippen LogP contribution in [-0.4, -0.2) is 39.6 Å². The van der Waals surface area contributed by atoms with Crippen LogP contribution >= 0.6 is 23.2 Å². The van der Waals surface area contributed by atoms with Gasteiger partial charge in [0, 0.05) is 47.5 Å². The van der Waals surface area contributed by atoms with Crippen LogP contribution < -0.4 is 9.80 Å². The Balaban J connectivity index is 1.50. The third-order valence-electron chi connectivity index (χ3n) is 5.72. The highest BCUT2D eigenvalue weighted by Crippen LogP contribution is 2.35. The highest BCUT2D eigenvalue weighted by atomic mass is 35.5. The lowest BCUT2D eigenvalue weighted by molar-refractivity contribution is 0.525. The topological polar surface area (TPSA) is 66.7 Å². The monoisotopic (exact) mass is 513 g/mol. The molecule has 0 aliphatic carbocycles. The zero-order chi connectivity index (χ0) is 23.7. The summed E-state index contributed by atoms with van der Waals surface area (Å²) in [5, 5.41) is 1.05. The number of oxazole rings is 1. The van der Waals surface area contributed by atoms with Crippen LogP contribution in [-0.2, 0) is 9.84 Å². The fourth-order valence-electron chi connectivity index (χ4n) is 3.94. The average molecular weight is 514 g/mol. The van der Waals surface area contributed by atoms with Crippen LogP contribution in [0.3, 0.4) is 0 Å². The molecule has 2 heterocycles. The first-order valence-electron chi connectivity index (χ1n) is 10.7. The molecule has 5 rings (SSSR count). The largest absolute Gasteiger partial charge is 0.419 e. The van der Waals surface area contributed by atoms with Crippen LogP contribution in [0.5, 0.6) is 0 Å². The molecular formula is C25H21Cl2N3O3S. The van der Waals surface area contributed by atoms with Crippen LogP contribution in [0.2, 0.25) is 10.0 Å². The van der Waals surface area contributed by atoms with E-state index in [0.29, 0.717) is 41.8 Å². The summed E-state index contributed by atoms with van der Waals surface area (Å²) in [6.07, 6.45) is 0. The molecule has 0 spiro atoms. The van der Waals surface area contributed by atoms with Gasteiger partial charge in [-0.15, -0.1) is 0 Å². The standard InChI is InChI=1S/C25H21Cl2N3O3S/c26-19-9-11-22(12-10-19)34(31,32)24-25(33-23(28-24)18-5-2-1-3-6-18)30-15-13-29(14-16-30)21-8-4-7-20(27)17-21/h1-12,17H,13-16H2. The molecule has 0 unspecified atom stereocenters. The Morgan fingerprint density at radius 1 is 0.765 bits per heavy atom. The molecule has 0 saturated carbocycles. The van der Waals surface area contributed by atoms with Crippen LogP contribution in [0.4, 0.5) is 11.6 Å². The highest BCUT2D eigenvalue weighted by molar-refractivity contribution is 7.91. The van der Waals surface area contributed by atoms with Crippen LogP contribution in [0.15, 0.2) is 93.2 Å². The van der Waals surface area contributed by atoms with Gasteiger partial charge in [-0.25, -0.2) is 8.42 Å². The molecule has 6 nitrogen and oxygen atoms in total. The lowest BCUT2D eigenvalue weighted by atomic mass is 10.2. The van der Waals surface area contributed by atoms with Crippen molar-refractivity contribution in [2.45, 2.75) is 9.92 Å². The van der Waals surface area contributed by atoms with E-state index < -0.39 is 9.84 Å². The maximum atomic E-state index is 13.6. The van der Waals surface area contributed by atoms with Gasteiger partial charge in [0.15, 0.2) is 0 Å². The van der Waals surface area contributed by atoms with Gasteiger partial charge >= 0.3 is 0 Å². The maximum absolute atomic E-state index is 13.6. The minimum Gasteiger partial charge on any atom is -0.419 e. The smallest absolute Gasteiger partial charge is 0.236 e. The predicted octanol–water partition coefficient (Wildman–Crippen LogP) is 5.81. The van der Waals surface area contributed by atoms with Gasteiger partial charge in [-0.05, 0) is 54.6 Å². The first kappa shape index (κ1) is 22.8. The molecule has 34 heavy (non-hydrogen) atoms. The van der Waals surface area contributed by atoms with Gasteiger partial charge in [0.25, 0.3) is 0 Å². The fourth-order valence-corrected chi connectivity index (χ4v) is 5.57. The average Bonchev–Trinajstić information content (AvgIpc) is 3.32. The number of piperazine rings is 1. The van der Waals surface area contributed by atoms with E-state index in [4.69, 9.17) is 27.6 Å². The quantitative estimate of drug-likeness (QED) is 0.335. The Hall–Kier alpha value is -3.00. The SMILES string of the molecule is O=S(=O)(c1ccc(Cl)cc1)c1nc(-c2ccccc2)oc1N1CCN(c2cccc(Cl)c2)CC1. The van der Waals surface area contributed by atoms with Crippen molar-refractivity contribution in [3.63, 3.8) is 0 Å². The van der Waals surface area contributed by atoms with Crippen molar-refractivity contribution in [2.24, 2.45) is 0 Å². The number of benzene rings is 3. The first-order chi connectivity index (χ1) is 16.4. The second-order valence-electron chi connectivity index (χ2n) is 7.91. The van der Waals surface area contributed by atoms with E-state index in [1.807, 2.05) is 59.5 Å². The molecule has 1 aromatic heterocycles. The second-order valence-corrected chi connectivity index (χ2v) is 10.6. The van der Waals surface area contributed by atoms with Gasteiger partial charge < -0.3 is 14.2 Å². The molecule has 0 N–H and O–H groups in total. The van der Waals surface area contributed by atoms with E-state index in [1.54, 1.807) is 12.1 Å². The molecule has 0 atom stereocenters. The number of sulfone groups is 1. The Bertz CT molecular complexity index is 1400. The first-order valence-corrected chi connectivity index (χ1v) is 13.0. The van der Waals surface area contributed by atoms with E-state index in [0.717, 1.165) is 5.69 Å². The number of halogens is 2.